The van der Waals surface area contributed by atoms with Gasteiger partial charge in [-0.15, -0.1) is 0 Å². The van der Waals surface area contributed by atoms with Crippen LogP contribution in [0.5, 0.6) is 5.75 Å². The Morgan fingerprint density at radius 3 is 2.43 bits per heavy atom. The second-order valence-corrected chi connectivity index (χ2v) is 7.65. The van der Waals surface area contributed by atoms with Gasteiger partial charge in [0.25, 0.3) is 5.91 Å². The van der Waals surface area contributed by atoms with Crippen molar-refractivity contribution in [2.45, 2.75) is 6.54 Å². The minimum absolute atomic E-state index is 0.120. The number of esters is 1. The highest BCUT2D eigenvalue weighted by atomic mass is 19.2. The average molecular weight is 480 g/mol. The van der Waals surface area contributed by atoms with E-state index in [0.717, 1.165) is 12.1 Å². The van der Waals surface area contributed by atoms with E-state index in [0.29, 0.717) is 33.6 Å². The SMILES string of the molecule is COC(=O)c1c(NC(=O)c2ccc(OC)cc2)c2cc(NCc3ccc(F)c(F)c3)cnc2n1C. The molecule has 2 heterocycles. The molecule has 0 atom stereocenters. The first-order chi connectivity index (χ1) is 16.8. The molecule has 35 heavy (non-hydrogen) atoms. The smallest absolute Gasteiger partial charge is 0.356 e. The quantitative estimate of drug-likeness (QED) is 0.378. The van der Waals surface area contributed by atoms with E-state index in [2.05, 4.69) is 15.6 Å². The maximum Gasteiger partial charge on any atom is 0.356 e. The number of aryl methyl sites for hydroxylation is 1. The number of pyridine rings is 1. The molecule has 4 rings (SSSR count). The Balaban J connectivity index is 1.69. The van der Waals surface area contributed by atoms with Crippen molar-refractivity contribution in [3.8, 4) is 5.75 Å². The summed E-state index contributed by atoms with van der Waals surface area (Å²) in [5.41, 5.74) is 2.23. The van der Waals surface area contributed by atoms with Crippen molar-refractivity contribution in [2.75, 3.05) is 24.9 Å². The number of nitrogens with one attached hydrogen (secondary N) is 2. The van der Waals surface area contributed by atoms with Crippen molar-refractivity contribution >= 4 is 34.3 Å². The van der Waals surface area contributed by atoms with Gasteiger partial charge in [-0.2, -0.15) is 0 Å². The van der Waals surface area contributed by atoms with Crippen molar-refractivity contribution in [3.05, 3.63) is 83.2 Å². The zero-order valence-corrected chi connectivity index (χ0v) is 19.2. The maximum atomic E-state index is 13.5. The number of carbonyl (C=O) groups excluding carboxylic acids is 2. The van der Waals surface area contributed by atoms with E-state index in [1.807, 2.05) is 0 Å². The molecule has 0 saturated heterocycles. The number of halogens is 2. The Bertz CT molecular complexity index is 1420. The van der Waals surface area contributed by atoms with Crippen LogP contribution in [-0.2, 0) is 18.3 Å². The van der Waals surface area contributed by atoms with E-state index in [4.69, 9.17) is 9.47 Å². The summed E-state index contributed by atoms with van der Waals surface area (Å²) in [6.07, 6.45) is 1.54. The van der Waals surface area contributed by atoms with Crippen LogP contribution in [-0.4, -0.2) is 35.6 Å². The lowest BCUT2D eigenvalue weighted by atomic mass is 10.1. The highest BCUT2D eigenvalue weighted by Crippen LogP contribution is 2.32. The normalized spacial score (nSPS) is 10.8. The molecule has 1 amide bonds. The van der Waals surface area contributed by atoms with Crippen LogP contribution in [0.2, 0.25) is 0 Å². The van der Waals surface area contributed by atoms with Gasteiger partial charge in [-0.05, 0) is 48.0 Å². The van der Waals surface area contributed by atoms with Crippen molar-refractivity contribution in [3.63, 3.8) is 0 Å². The molecular weight excluding hydrogens is 458 g/mol. The van der Waals surface area contributed by atoms with E-state index in [1.54, 1.807) is 43.6 Å². The molecule has 0 saturated carbocycles. The molecule has 4 aromatic rings. The number of amides is 1. The number of methoxy groups -OCH3 is 2. The van der Waals surface area contributed by atoms with Crippen molar-refractivity contribution in [1.29, 1.82) is 0 Å². The zero-order chi connectivity index (χ0) is 25.1. The predicted molar refractivity (Wildman–Crippen MR) is 127 cm³/mol. The molecule has 0 radical (unpaired) electrons. The lowest BCUT2D eigenvalue weighted by Crippen LogP contribution is -2.16. The topological polar surface area (TPSA) is 94.5 Å². The van der Waals surface area contributed by atoms with Crippen molar-refractivity contribution < 1.29 is 27.8 Å². The van der Waals surface area contributed by atoms with Crippen molar-refractivity contribution in [2.24, 2.45) is 7.05 Å². The molecule has 8 nitrogen and oxygen atoms in total. The number of hydrogen-bond donors (Lipinski definition) is 2. The lowest BCUT2D eigenvalue weighted by molar-refractivity contribution is 0.0591. The first-order valence-corrected chi connectivity index (χ1v) is 10.5. The molecule has 180 valence electrons. The number of aromatic nitrogens is 2. The zero-order valence-electron chi connectivity index (χ0n) is 19.2. The number of rotatable bonds is 7. The first-order valence-electron chi connectivity index (χ1n) is 10.5. The van der Waals surface area contributed by atoms with E-state index in [1.165, 1.54) is 24.9 Å². The predicted octanol–water partition coefficient (Wildman–Crippen LogP) is 4.51. The summed E-state index contributed by atoms with van der Waals surface area (Å²) < 4.78 is 38.3. The van der Waals surface area contributed by atoms with E-state index in [-0.39, 0.29) is 17.9 Å². The lowest BCUT2D eigenvalue weighted by Gasteiger charge is -2.09. The number of hydrogen-bond acceptors (Lipinski definition) is 6. The number of benzene rings is 2. The van der Waals surface area contributed by atoms with Crippen LogP contribution < -0.4 is 15.4 Å². The van der Waals surface area contributed by atoms with Gasteiger partial charge in [0.15, 0.2) is 17.3 Å². The van der Waals surface area contributed by atoms with Crippen LogP contribution in [0.3, 0.4) is 0 Å². The molecular formula is C25H22F2N4O4. The van der Waals surface area contributed by atoms with Crippen LogP contribution in [0.1, 0.15) is 26.4 Å². The number of anilines is 2. The Labute approximate surface area is 199 Å². The van der Waals surface area contributed by atoms with Gasteiger partial charge < -0.3 is 24.7 Å². The van der Waals surface area contributed by atoms with E-state index in [9.17, 15) is 18.4 Å². The monoisotopic (exact) mass is 480 g/mol. The second kappa shape index (κ2) is 9.80. The summed E-state index contributed by atoms with van der Waals surface area (Å²) in [5.74, 6) is -2.35. The van der Waals surface area contributed by atoms with Gasteiger partial charge in [0, 0.05) is 24.5 Å². The fourth-order valence-corrected chi connectivity index (χ4v) is 3.65. The Kier molecular flexibility index (Phi) is 6.63. The van der Waals surface area contributed by atoms with Gasteiger partial charge >= 0.3 is 5.97 Å². The average Bonchev–Trinajstić information content (AvgIpc) is 3.14. The third-order valence-corrected chi connectivity index (χ3v) is 5.48. The molecule has 2 N–H and O–H groups in total. The number of fused-ring (bicyclic) bond motifs is 1. The third kappa shape index (κ3) is 4.77. The Morgan fingerprint density at radius 2 is 1.77 bits per heavy atom. The molecule has 0 spiro atoms. The first kappa shape index (κ1) is 23.7. The minimum atomic E-state index is -0.938. The number of nitrogens with zero attached hydrogens (tertiary/aromatic N) is 2. The van der Waals surface area contributed by atoms with Gasteiger partial charge in [-0.25, -0.2) is 18.6 Å². The molecule has 2 aromatic carbocycles. The highest BCUT2D eigenvalue weighted by Gasteiger charge is 2.25. The third-order valence-electron chi connectivity index (χ3n) is 5.48. The molecule has 0 aliphatic rings. The fourth-order valence-electron chi connectivity index (χ4n) is 3.65. The number of ether oxygens (including phenoxy) is 2. The van der Waals surface area contributed by atoms with Gasteiger partial charge in [-0.3, -0.25) is 4.79 Å². The van der Waals surface area contributed by atoms with Crippen LogP contribution in [0, 0.1) is 11.6 Å². The fraction of sp³-hybridized carbons (Fsp3) is 0.160. The second-order valence-electron chi connectivity index (χ2n) is 7.65. The summed E-state index contributed by atoms with van der Waals surface area (Å²) in [6.45, 7) is 0.203. The maximum absolute atomic E-state index is 13.5. The number of carbonyl (C=O) groups is 2. The molecule has 0 unspecified atom stereocenters. The van der Waals surface area contributed by atoms with E-state index < -0.39 is 23.5 Å². The molecule has 0 bridgehead atoms. The molecule has 2 aromatic heterocycles. The standard InChI is InChI=1S/C25H22F2N4O4/c1-31-22(25(33)35-3)21(30-24(32)15-5-7-17(34-2)8-6-15)18-11-16(13-29-23(18)31)28-12-14-4-9-19(26)20(27)10-14/h4-11,13,28H,12H2,1-3H3,(H,30,32). The summed E-state index contributed by atoms with van der Waals surface area (Å²) in [4.78, 5) is 29.9. The summed E-state index contributed by atoms with van der Waals surface area (Å²) >= 11 is 0. The van der Waals surface area contributed by atoms with Crippen molar-refractivity contribution in [1.82, 2.24) is 9.55 Å². The van der Waals surface area contributed by atoms with Crippen LogP contribution in [0.4, 0.5) is 20.2 Å². The molecule has 0 aliphatic heterocycles. The molecule has 0 aliphatic carbocycles. The molecule has 0 fully saturated rings. The van der Waals surface area contributed by atoms with Gasteiger partial charge in [0.1, 0.15) is 11.4 Å². The summed E-state index contributed by atoms with van der Waals surface area (Å²) in [5, 5.41) is 6.38. The van der Waals surface area contributed by atoms with Crippen LogP contribution >= 0.6 is 0 Å². The van der Waals surface area contributed by atoms with Crippen LogP contribution in [0.25, 0.3) is 11.0 Å². The van der Waals surface area contributed by atoms with Gasteiger partial charge in [0.2, 0.25) is 0 Å². The Morgan fingerprint density at radius 1 is 1.03 bits per heavy atom. The summed E-state index contributed by atoms with van der Waals surface area (Å²) in [6, 6.07) is 11.8. The van der Waals surface area contributed by atoms with Gasteiger partial charge in [0.05, 0.1) is 31.8 Å². The highest BCUT2D eigenvalue weighted by molar-refractivity contribution is 6.14. The van der Waals surface area contributed by atoms with E-state index >= 15 is 0 Å². The summed E-state index contributed by atoms with van der Waals surface area (Å²) in [7, 11) is 4.41. The Hall–Kier alpha value is -4.47. The molecule has 10 heteroatoms. The largest absolute Gasteiger partial charge is 0.497 e. The minimum Gasteiger partial charge on any atom is -0.497 e. The van der Waals surface area contributed by atoms with Crippen LogP contribution in [0.15, 0.2) is 54.7 Å². The van der Waals surface area contributed by atoms with Gasteiger partial charge in [-0.1, -0.05) is 6.07 Å².